The van der Waals surface area contributed by atoms with Gasteiger partial charge in [0.25, 0.3) is 5.91 Å². The number of hydrogen-bond donors (Lipinski definition) is 1. The van der Waals surface area contributed by atoms with Crippen molar-refractivity contribution in [3.05, 3.63) is 35.3 Å². The van der Waals surface area contributed by atoms with Crippen molar-refractivity contribution in [1.82, 2.24) is 14.8 Å². The number of carbonyl (C=O) groups is 1. The number of rotatable bonds is 4. The van der Waals surface area contributed by atoms with Gasteiger partial charge in [-0.15, -0.1) is 0 Å². The van der Waals surface area contributed by atoms with Crippen LogP contribution >= 0.6 is 0 Å². The molecule has 0 fully saturated rings. The molecule has 2 heterocycles. The SMILES string of the molecule is CC.CCC.CCc1cc(-c2cc(C(F)(F)F)nn2CC)cc(C(N)=O)n1. The van der Waals surface area contributed by atoms with E-state index in [9.17, 15) is 18.0 Å². The van der Waals surface area contributed by atoms with Crippen molar-refractivity contribution in [3.8, 4) is 11.3 Å². The van der Waals surface area contributed by atoms with E-state index in [1.54, 1.807) is 13.0 Å². The highest BCUT2D eigenvalue weighted by atomic mass is 19.4. The van der Waals surface area contributed by atoms with Gasteiger partial charge < -0.3 is 5.73 Å². The molecule has 0 spiro atoms. The lowest BCUT2D eigenvalue weighted by Crippen LogP contribution is -2.14. The first-order valence-electron chi connectivity index (χ1n) is 9.13. The molecule has 152 valence electrons. The van der Waals surface area contributed by atoms with Crippen molar-refractivity contribution in [2.45, 2.75) is 67.1 Å². The molecule has 0 bridgehead atoms. The minimum absolute atomic E-state index is 0.0201. The third-order valence-electron chi connectivity index (χ3n) is 3.16. The van der Waals surface area contributed by atoms with Crippen molar-refractivity contribution < 1.29 is 18.0 Å². The largest absolute Gasteiger partial charge is 0.435 e. The van der Waals surface area contributed by atoms with Gasteiger partial charge in [-0.05, 0) is 31.5 Å². The van der Waals surface area contributed by atoms with E-state index in [-0.39, 0.29) is 17.9 Å². The summed E-state index contributed by atoms with van der Waals surface area (Å²) in [5, 5.41) is 3.56. The van der Waals surface area contributed by atoms with Crippen molar-refractivity contribution in [2.24, 2.45) is 5.73 Å². The molecule has 0 aliphatic heterocycles. The van der Waals surface area contributed by atoms with Crippen LogP contribution in [0.4, 0.5) is 13.2 Å². The molecule has 0 unspecified atom stereocenters. The first-order valence-corrected chi connectivity index (χ1v) is 9.13. The van der Waals surface area contributed by atoms with E-state index in [0.29, 0.717) is 17.7 Å². The Hall–Kier alpha value is -2.38. The Bertz CT molecular complexity index is 724. The highest BCUT2D eigenvalue weighted by Crippen LogP contribution is 2.32. The molecule has 0 saturated carbocycles. The number of amides is 1. The molecule has 2 aromatic rings. The van der Waals surface area contributed by atoms with E-state index in [1.165, 1.54) is 17.2 Å². The molecule has 27 heavy (non-hydrogen) atoms. The van der Waals surface area contributed by atoms with Gasteiger partial charge in [0.1, 0.15) is 5.69 Å². The summed E-state index contributed by atoms with van der Waals surface area (Å²) in [6.07, 6.45) is -2.75. The minimum Gasteiger partial charge on any atom is -0.364 e. The maximum absolute atomic E-state index is 12.8. The second-order valence-electron chi connectivity index (χ2n) is 5.39. The monoisotopic (exact) mass is 386 g/mol. The molecule has 0 aliphatic carbocycles. The van der Waals surface area contributed by atoms with E-state index in [4.69, 9.17) is 5.73 Å². The molecular formula is C19H29F3N4O. The number of carbonyl (C=O) groups excluding carboxylic acids is 1. The molecule has 0 saturated heterocycles. The summed E-state index contributed by atoms with van der Waals surface area (Å²) in [5.41, 5.74) is 5.55. The Morgan fingerprint density at radius 2 is 1.67 bits per heavy atom. The fraction of sp³-hybridized carbons (Fsp3) is 0.526. The summed E-state index contributed by atoms with van der Waals surface area (Å²) in [4.78, 5) is 15.4. The average molecular weight is 386 g/mol. The normalized spacial score (nSPS) is 10.4. The van der Waals surface area contributed by atoms with Crippen molar-refractivity contribution >= 4 is 5.91 Å². The van der Waals surface area contributed by atoms with Gasteiger partial charge in [0.05, 0.1) is 5.69 Å². The maximum Gasteiger partial charge on any atom is 0.435 e. The van der Waals surface area contributed by atoms with Crippen LogP contribution in [0.5, 0.6) is 0 Å². The second kappa shape index (κ2) is 11.4. The van der Waals surface area contributed by atoms with Crippen molar-refractivity contribution in [2.75, 3.05) is 0 Å². The van der Waals surface area contributed by atoms with Crippen molar-refractivity contribution in [3.63, 3.8) is 0 Å². The summed E-state index contributed by atoms with van der Waals surface area (Å²) < 4.78 is 39.7. The number of nitrogens with two attached hydrogens (primary N) is 1. The number of primary amides is 1. The van der Waals surface area contributed by atoms with E-state index in [0.717, 1.165) is 6.07 Å². The third kappa shape index (κ3) is 7.03. The van der Waals surface area contributed by atoms with Crippen LogP contribution in [0.25, 0.3) is 11.3 Å². The zero-order chi connectivity index (χ0) is 21.2. The summed E-state index contributed by atoms with van der Waals surface area (Å²) in [6.45, 7) is 12.0. The zero-order valence-corrected chi connectivity index (χ0v) is 16.8. The molecule has 0 radical (unpaired) electrons. The number of alkyl halides is 3. The smallest absolute Gasteiger partial charge is 0.364 e. The first-order chi connectivity index (χ1) is 12.7. The molecule has 8 heteroatoms. The molecule has 0 atom stereocenters. The van der Waals surface area contributed by atoms with Gasteiger partial charge in [0, 0.05) is 17.8 Å². The average Bonchev–Trinajstić information content (AvgIpc) is 3.08. The molecule has 2 aromatic heterocycles. The zero-order valence-electron chi connectivity index (χ0n) is 16.8. The molecule has 2 N–H and O–H groups in total. The molecule has 1 amide bonds. The van der Waals surface area contributed by atoms with Gasteiger partial charge in [-0.3, -0.25) is 9.48 Å². The predicted octanol–water partition coefficient (Wildman–Crippen LogP) is 5.09. The lowest BCUT2D eigenvalue weighted by Gasteiger charge is -2.08. The van der Waals surface area contributed by atoms with Crippen LogP contribution in [-0.2, 0) is 19.1 Å². The number of pyridine rings is 1. The number of aromatic nitrogens is 3. The lowest BCUT2D eigenvalue weighted by molar-refractivity contribution is -0.141. The van der Waals surface area contributed by atoms with Crippen molar-refractivity contribution in [1.29, 1.82) is 0 Å². The Morgan fingerprint density at radius 3 is 2.07 bits per heavy atom. The Balaban J connectivity index is 0.00000123. The van der Waals surface area contributed by atoms with E-state index in [1.807, 2.05) is 20.8 Å². The minimum atomic E-state index is -4.53. The summed E-state index contributed by atoms with van der Waals surface area (Å²) in [5.74, 6) is -0.727. The highest BCUT2D eigenvalue weighted by Gasteiger charge is 2.35. The Labute approximate surface area is 158 Å². The number of hydrogen-bond acceptors (Lipinski definition) is 3. The van der Waals surface area contributed by atoms with Gasteiger partial charge in [-0.1, -0.05) is 41.0 Å². The fourth-order valence-electron chi connectivity index (χ4n) is 2.07. The fourth-order valence-corrected chi connectivity index (χ4v) is 2.07. The van der Waals surface area contributed by atoms with Crippen LogP contribution in [0.15, 0.2) is 18.2 Å². The van der Waals surface area contributed by atoms with E-state index < -0.39 is 17.8 Å². The quantitative estimate of drug-likeness (QED) is 0.795. The summed E-state index contributed by atoms with van der Waals surface area (Å²) in [7, 11) is 0. The van der Waals surface area contributed by atoms with Crippen LogP contribution in [0.1, 0.15) is 69.8 Å². The van der Waals surface area contributed by atoms with Gasteiger partial charge >= 0.3 is 6.18 Å². The van der Waals surface area contributed by atoms with E-state index >= 15 is 0 Å². The topological polar surface area (TPSA) is 73.8 Å². The Morgan fingerprint density at radius 1 is 1.11 bits per heavy atom. The first kappa shape index (κ1) is 24.6. The number of aryl methyl sites for hydroxylation is 2. The third-order valence-corrected chi connectivity index (χ3v) is 3.16. The number of nitrogens with zero attached hydrogens (tertiary/aromatic N) is 3. The number of halogens is 3. The lowest BCUT2D eigenvalue weighted by atomic mass is 10.1. The summed E-state index contributed by atoms with van der Waals surface area (Å²) in [6, 6.07) is 3.98. The van der Waals surface area contributed by atoms with Crippen LogP contribution in [-0.4, -0.2) is 20.7 Å². The van der Waals surface area contributed by atoms with Crippen LogP contribution < -0.4 is 5.73 Å². The molecule has 5 nitrogen and oxygen atoms in total. The standard InChI is InChI=1S/C14H15F3N4O.C3H8.C2H6/c1-3-9-5-8(6-10(19-9)13(18)22)11-7-12(14(15,16)17)20-21(11)4-2;1-3-2;1-2/h5-7H,3-4H2,1-2H3,(H2,18,22);3H2,1-2H3;1-2H3. The predicted molar refractivity (Wildman–Crippen MR) is 101 cm³/mol. The summed E-state index contributed by atoms with van der Waals surface area (Å²) >= 11 is 0. The Kier molecular flexibility index (Phi) is 10.4. The maximum atomic E-state index is 12.8. The molecular weight excluding hydrogens is 357 g/mol. The van der Waals surface area contributed by atoms with Crippen LogP contribution in [0.2, 0.25) is 0 Å². The molecule has 2 rings (SSSR count). The van der Waals surface area contributed by atoms with Gasteiger partial charge in [0.2, 0.25) is 0 Å². The van der Waals surface area contributed by atoms with Gasteiger partial charge in [-0.2, -0.15) is 18.3 Å². The van der Waals surface area contributed by atoms with Gasteiger partial charge in [0.15, 0.2) is 5.69 Å². The van der Waals surface area contributed by atoms with Crippen LogP contribution in [0.3, 0.4) is 0 Å². The molecule has 0 aliphatic rings. The van der Waals surface area contributed by atoms with Gasteiger partial charge in [-0.25, -0.2) is 4.98 Å². The van der Waals surface area contributed by atoms with E-state index in [2.05, 4.69) is 23.9 Å². The highest BCUT2D eigenvalue weighted by molar-refractivity contribution is 5.92. The van der Waals surface area contributed by atoms with Crippen LogP contribution in [0, 0.1) is 0 Å². The molecule has 0 aromatic carbocycles. The second-order valence-corrected chi connectivity index (χ2v) is 5.39.